The normalized spacial score (nSPS) is 11.2. The van der Waals surface area contributed by atoms with E-state index in [1.807, 2.05) is 13.8 Å². The molecule has 0 rings (SSSR count). The summed E-state index contributed by atoms with van der Waals surface area (Å²) in [7, 11) is 0. The zero-order valence-electron chi connectivity index (χ0n) is 12.6. The Bertz CT molecular complexity index is 281. The molecule has 110 valence electrons. The molecule has 0 aliphatic rings. The van der Waals surface area contributed by atoms with Gasteiger partial charge in [0.2, 0.25) is 0 Å². The van der Waals surface area contributed by atoms with Gasteiger partial charge in [-0.25, -0.2) is 9.59 Å². The summed E-state index contributed by atoms with van der Waals surface area (Å²) in [6.07, 6.45) is 3.60. The molecule has 5 heteroatoms. The first-order valence-corrected chi connectivity index (χ1v) is 6.56. The number of esters is 2. The summed E-state index contributed by atoms with van der Waals surface area (Å²) < 4.78 is 10.1. The van der Waals surface area contributed by atoms with E-state index in [9.17, 15) is 9.59 Å². The number of carbonyl (C=O) groups is 2. The van der Waals surface area contributed by atoms with Crippen LogP contribution >= 0.6 is 0 Å². The molecule has 0 unspecified atom stereocenters. The monoisotopic (exact) mass is 378 g/mol. The average Bonchev–Trinajstić information content (AvgIpc) is 2.37. The molecule has 0 aromatic heterocycles. The number of ether oxygens (including phenoxy) is 2. The van der Waals surface area contributed by atoms with E-state index in [1.165, 1.54) is 0 Å². The molecule has 0 heterocycles. The van der Waals surface area contributed by atoms with Crippen molar-refractivity contribution in [3.8, 4) is 0 Å². The van der Waals surface area contributed by atoms with E-state index < -0.39 is 11.9 Å². The molecule has 2 radical (unpaired) electrons. The van der Waals surface area contributed by atoms with Crippen molar-refractivity contribution in [3.63, 3.8) is 0 Å². The number of carbonyl (C=O) groups excluding carboxylic acids is 2. The molecule has 19 heavy (non-hydrogen) atoms. The van der Waals surface area contributed by atoms with Crippen LogP contribution in [0.3, 0.4) is 0 Å². The van der Waals surface area contributed by atoms with Crippen LogP contribution in [0.4, 0.5) is 0 Å². The van der Waals surface area contributed by atoms with Gasteiger partial charge in [-0.15, -0.1) is 0 Å². The number of hydrogen-bond acceptors (Lipinski definition) is 4. The Hall–Kier alpha value is -0.521. The average molecular weight is 377 g/mol. The van der Waals surface area contributed by atoms with Gasteiger partial charge in [-0.3, -0.25) is 0 Å². The topological polar surface area (TPSA) is 52.6 Å². The fraction of sp³-hybridized carbons (Fsp3) is 0.714. The van der Waals surface area contributed by atoms with Gasteiger partial charge in [0.05, 0.1) is 13.2 Å². The van der Waals surface area contributed by atoms with Gasteiger partial charge in [0.25, 0.3) is 0 Å². The van der Waals surface area contributed by atoms with Crippen molar-refractivity contribution >= 4 is 35.8 Å². The third-order valence-electron chi connectivity index (χ3n) is 2.64. The summed E-state index contributed by atoms with van der Waals surface area (Å²) in [6.45, 7) is 8.00. The summed E-state index contributed by atoms with van der Waals surface area (Å²) in [5, 5.41) is 0. The van der Waals surface area contributed by atoms with Crippen molar-refractivity contribution in [2.75, 3.05) is 13.2 Å². The second kappa shape index (κ2) is 12.5. The number of unbranched alkanes of at least 4 members (excludes halogenated alkanes) is 2. The van der Waals surface area contributed by atoms with Crippen molar-refractivity contribution in [3.05, 3.63) is 11.1 Å². The quantitative estimate of drug-likeness (QED) is 0.282. The van der Waals surface area contributed by atoms with Gasteiger partial charge >= 0.3 is 35.8 Å². The molecular formula is C14H26O4Sn. The van der Waals surface area contributed by atoms with E-state index in [2.05, 4.69) is 0 Å². The third-order valence-corrected chi connectivity index (χ3v) is 2.64. The Labute approximate surface area is 132 Å². The predicted octanol–water partition coefficient (Wildman–Crippen LogP) is 2.09. The summed E-state index contributed by atoms with van der Waals surface area (Å²) in [4.78, 5) is 23.2. The first-order valence-electron chi connectivity index (χ1n) is 6.56. The minimum atomic E-state index is -0.437. The molecule has 0 bridgehead atoms. The summed E-state index contributed by atoms with van der Waals surface area (Å²) in [5.41, 5.74) is 0.653. The SMILES string of the molecule is CCCCOC(=O)/C(C)=C(/C)C(=O)OCCCC.[SnH2]. The standard InChI is InChI=1S/C14H24O4.Sn.2H/c1-5-7-9-17-13(15)11(3)12(4)14(16)18-10-8-6-2;;;/h5-10H2,1-4H3;;;/b12-11-;;;. The molecule has 0 aliphatic heterocycles. The summed E-state index contributed by atoms with van der Waals surface area (Å²) in [5.74, 6) is -0.873. The Morgan fingerprint density at radius 2 is 1.11 bits per heavy atom. The van der Waals surface area contributed by atoms with E-state index >= 15 is 0 Å². The van der Waals surface area contributed by atoms with Gasteiger partial charge in [0.15, 0.2) is 0 Å². The zero-order valence-corrected chi connectivity index (χ0v) is 16.6. The van der Waals surface area contributed by atoms with Gasteiger partial charge in [-0.05, 0) is 26.7 Å². The third kappa shape index (κ3) is 9.08. The van der Waals surface area contributed by atoms with Crippen LogP contribution in [-0.2, 0) is 19.1 Å². The van der Waals surface area contributed by atoms with Gasteiger partial charge < -0.3 is 9.47 Å². The van der Waals surface area contributed by atoms with E-state index in [4.69, 9.17) is 9.47 Å². The number of hydrogen-bond donors (Lipinski definition) is 0. The Morgan fingerprint density at radius 1 is 0.789 bits per heavy atom. The fourth-order valence-electron chi connectivity index (χ4n) is 1.14. The van der Waals surface area contributed by atoms with Crippen LogP contribution in [0.15, 0.2) is 11.1 Å². The molecule has 0 atom stereocenters. The Balaban J connectivity index is 0. The molecule has 4 nitrogen and oxygen atoms in total. The van der Waals surface area contributed by atoms with Crippen molar-refractivity contribution in [1.82, 2.24) is 0 Å². The Kier molecular flexibility index (Phi) is 13.7. The summed E-state index contributed by atoms with van der Waals surface area (Å²) >= 11 is 0. The molecule has 0 aromatic carbocycles. The zero-order chi connectivity index (χ0) is 14.0. The fourth-order valence-corrected chi connectivity index (χ4v) is 1.14. The van der Waals surface area contributed by atoms with Gasteiger partial charge in [-0.2, -0.15) is 0 Å². The van der Waals surface area contributed by atoms with Crippen molar-refractivity contribution in [2.45, 2.75) is 53.4 Å². The Morgan fingerprint density at radius 3 is 1.37 bits per heavy atom. The van der Waals surface area contributed by atoms with Crippen LogP contribution < -0.4 is 0 Å². The van der Waals surface area contributed by atoms with Crippen LogP contribution in [-0.4, -0.2) is 49.1 Å². The molecule has 0 N–H and O–H groups in total. The van der Waals surface area contributed by atoms with Crippen LogP contribution in [0, 0.1) is 0 Å². The van der Waals surface area contributed by atoms with Crippen LogP contribution in [0.5, 0.6) is 0 Å². The van der Waals surface area contributed by atoms with Crippen LogP contribution in [0.1, 0.15) is 53.4 Å². The second-order valence-electron chi connectivity index (χ2n) is 4.23. The molecule has 0 saturated heterocycles. The minimum absolute atomic E-state index is 0. The molecule has 0 amide bonds. The van der Waals surface area contributed by atoms with Gasteiger partial charge in [0.1, 0.15) is 0 Å². The first kappa shape index (κ1) is 20.8. The van der Waals surface area contributed by atoms with E-state index in [-0.39, 0.29) is 23.9 Å². The second-order valence-corrected chi connectivity index (χ2v) is 4.23. The molecular weight excluding hydrogens is 351 g/mol. The molecule has 0 aliphatic carbocycles. The van der Waals surface area contributed by atoms with Gasteiger partial charge in [-0.1, -0.05) is 26.7 Å². The molecule has 0 spiro atoms. The summed E-state index contributed by atoms with van der Waals surface area (Å²) in [6, 6.07) is 0. The van der Waals surface area contributed by atoms with Crippen LogP contribution in [0.25, 0.3) is 0 Å². The molecule has 0 aromatic rings. The van der Waals surface area contributed by atoms with Gasteiger partial charge in [0, 0.05) is 11.1 Å². The predicted molar refractivity (Wildman–Crippen MR) is 78.7 cm³/mol. The van der Waals surface area contributed by atoms with E-state index in [1.54, 1.807) is 13.8 Å². The maximum atomic E-state index is 11.6. The van der Waals surface area contributed by atoms with Crippen molar-refractivity contribution < 1.29 is 19.1 Å². The van der Waals surface area contributed by atoms with E-state index in [0.717, 1.165) is 25.7 Å². The maximum absolute atomic E-state index is 11.6. The van der Waals surface area contributed by atoms with Crippen molar-refractivity contribution in [1.29, 1.82) is 0 Å². The molecule has 0 fully saturated rings. The van der Waals surface area contributed by atoms with Crippen LogP contribution in [0.2, 0.25) is 0 Å². The molecule has 0 saturated carbocycles. The van der Waals surface area contributed by atoms with Crippen molar-refractivity contribution in [2.24, 2.45) is 0 Å². The number of rotatable bonds is 8. The van der Waals surface area contributed by atoms with E-state index in [0.29, 0.717) is 24.4 Å². The first-order chi connectivity index (χ1) is 8.54.